The molecule has 0 aliphatic heterocycles. The highest BCUT2D eigenvalue weighted by molar-refractivity contribution is 7.79. The van der Waals surface area contributed by atoms with Crippen LogP contribution in [0.4, 0.5) is 26.3 Å². The van der Waals surface area contributed by atoms with E-state index in [1.54, 1.807) is 0 Å². The van der Waals surface area contributed by atoms with Crippen LogP contribution in [0.1, 0.15) is 0 Å². The number of hydrogen-bond donors (Lipinski definition) is 0. The molecule has 0 aliphatic rings. The Morgan fingerprint density at radius 3 is 1.43 bits per heavy atom. The minimum absolute atomic E-state index is 1.73. The van der Waals surface area contributed by atoms with Gasteiger partial charge < -0.3 is 9.47 Å². The number of ether oxygens (including phenoxy) is 2. The maximum Gasteiger partial charge on any atom is 0.429 e. The average Bonchev–Trinajstić information content (AvgIpc) is 2.02. The zero-order valence-electron chi connectivity index (χ0n) is 6.41. The van der Waals surface area contributed by atoms with Crippen LogP contribution in [0.5, 0.6) is 0 Å². The van der Waals surface area contributed by atoms with Crippen LogP contribution in [-0.4, -0.2) is 30.8 Å². The number of hydrogen-bond acceptors (Lipinski definition) is 3. The van der Waals surface area contributed by atoms with Crippen molar-refractivity contribution in [1.29, 1.82) is 0 Å². The van der Waals surface area contributed by atoms with E-state index < -0.39 is 30.8 Å². The fourth-order valence-electron chi connectivity index (χ4n) is 0.319. The van der Waals surface area contributed by atoms with Gasteiger partial charge in [-0.2, -0.15) is 17.6 Å². The minimum Gasteiger partial charge on any atom is -0.389 e. The zero-order chi connectivity index (χ0) is 11.4. The summed E-state index contributed by atoms with van der Waals surface area (Å²) in [5.41, 5.74) is 0. The molecule has 14 heavy (non-hydrogen) atoms. The maximum absolute atomic E-state index is 12.0. The van der Waals surface area contributed by atoms with Crippen molar-refractivity contribution in [1.82, 2.24) is 0 Å². The fourth-order valence-corrected chi connectivity index (χ4v) is 0.563. The van der Waals surface area contributed by atoms with Crippen molar-refractivity contribution in [2.24, 2.45) is 0 Å². The quantitative estimate of drug-likeness (QED) is 0.557. The molecule has 0 heterocycles. The Balaban J connectivity index is 4.12. The second kappa shape index (κ2) is 4.67. The lowest BCUT2D eigenvalue weighted by atomic mass is 10.7. The van der Waals surface area contributed by atoms with E-state index in [1.165, 1.54) is 0 Å². The van der Waals surface area contributed by atoms with E-state index in [9.17, 15) is 26.3 Å². The average molecular weight is 242 g/mol. The first-order valence-corrected chi connectivity index (χ1v) is 3.43. The molecule has 0 radical (unpaired) electrons. The molecule has 9 heteroatoms. The molecule has 0 aromatic rings. The summed E-state index contributed by atoms with van der Waals surface area (Å²) < 4.78 is 77.1. The third-order valence-electron chi connectivity index (χ3n) is 0.776. The van der Waals surface area contributed by atoms with Crippen LogP contribution >= 0.6 is 12.2 Å². The third kappa shape index (κ3) is 5.10. The molecule has 0 unspecified atom stereocenters. The predicted molar refractivity (Wildman–Crippen MR) is 36.6 cm³/mol. The Kier molecular flexibility index (Phi) is 4.43. The van der Waals surface area contributed by atoms with Gasteiger partial charge in [0, 0.05) is 12.2 Å². The van der Waals surface area contributed by atoms with Gasteiger partial charge in [-0.05, 0) is 0 Å². The number of halogens is 6. The second-order valence-electron chi connectivity index (χ2n) is 2.00. The van der Waals surface area contributed by atoms with Gasteiger partial charge in [0.2, 0.25) is 0 Å². The lowest BCUT2D eigenvalue weighted by Gasteiger charge is -2.18. The van der Waals surface area contributed by atoms with E-state index in [2.05, 4.69) is 21.7 Å². The standard InChI is InChI=1S/C5H4F6O2S/c6-1-4(8,9)12-3(14)13-5(10,11)2-7/h1-2H2. The highest BCUT2D eigenvalue weighted by Crippen LogP contribution is 2.21. The van der Waals surface area contributed by atoms with Gasteiger partial charge >= 0.3 is 17.5 Å². The van der Waals surface area contributed by atoms with Crippen molar-refractivity contribution in [3.63, 3.8) is 0 Å². The zero-order valence-corrected chi connectivity index (χ0v) is 7.22. The molecule has 2 nitrogen and oxygen atoms in total. The lowest BCUT2D eigenvalue weighted by molar-refractivity contribution is -0.244. The third-order valence-corrected chi connectivity index (χ3v) is 0.943. The van der Waals surface area contributed by atoms with Crippen LogP contribution in [0, 0.1) is 0 Å². The highest BCUT2D eigenvalue weighted by Gasteiger charge is 2.38. The summed E-state index contributed by atoms with van der Waals surface area (Å²) >= 11 is 3.75. The Bertz CT molecular complexity index is 188. The van der Waals surface area contributed by atoms with Crippen LogP contribution < -0.4 is 0 Å². The second-order valence-corrected chi connectivity index (χ2v) is 2.33. The van der Waals surface area contributed by atoms with E-state index in [-0.39, 0.29) is 0 Å². The van der Waals surface area contributed by atoms with Gasteiger partial charge in [-0.15, -0.1) is 0 Å². The van der Waals surface area contributed by atoms with Crippen LogP contribution in [-0.2, 0) is 9.47 Å². The number of thiocarbonyl (C=S) groups is 1. The summed E-state index contributed by atoms with van der Waals surface area (Å²) in [5.74, 6) is 0. The number of rotatable bonds is 4. The molecular weight excluding hydrogens is 238 g/mol. The molecule has 0 aromatic carbocycles. The van der Waals surface area contributed by atoms with Crippen molar-refractivity contribution in [3.8, 4) is 0 Å². The van der Waals surface area contributed by atoms with Crippen molar-refractivity contribution in [2.45, 2.75) is 12.2 Å². The first-order chi connectivity index (χ1) is 6.22. The smallest absolute Gasteiger partial charge is 0.389 e. The lowest BCUT2D eigenvalue weighted by Crippen LogP contribution is -2.33. The number of alkyl halides is 6. The van der Waals surface area contributed by atoms with Gasteiger partial charge in [0.15, 0.2) is 13.3 Å². The molecule has 0 N–H and O–H groups in total. The minimum atomic E-state index is -4.36. The SMILES string of the molecule is FCC(F)(F)OC(=S)OC(F)(F)CF. The summed E-state index contributed by atoms with van der Waals surface area (Å²) in [7, 11) is 0. The van der Waals surface area contributed by atoms with Crippen molar-refractivity contribution in [3.05, 3.63) is 0 Å². The topological polar surface area (TPSA) is 18.5 Å². The fraction of sp³-hybridized carbons (Fsp3) is 0.800. The first kappa shape index (κ1) is 13.3. The van der Waals surface area contributed by atoms with Gasteiger partial charge in [0.25, 0.3) is 0 Å². The largest absolute Gasteiger partial charge is 0.429 e. The Labute approximate surface area is 79.8 Å². The van der Waals surface area contributed by atoms with E-state index in [1.807, 2.05) is 0 Å². The van der Waals surface area contributed by atoms with Crippen molar-refractivity contribution < 1.29 is 35.8 Å². The summed E-state index contributed by atoms with van der Waals surface area (Å²) in [6.07, 6.45) is -8.72. The molecule has 0 spiro atoms. The van der Waals surface area contributed by atoms with Gasteiger partial charge in [0.1, 0.15) is 0 Å². The summed E-state index contributed by atoms with van der Waals surface area (Å²) in [6.45, 7) is -4.53. The van der Waals surface area contributed by atoms with E-state index in [4.69, 9.17) is 0 Å². The van der Waals surface area contributed by atoms with Gasteiger partial charge in [-0.1, -0.05) is 0 Å². The molecule has 84 valence electrons. The summed E-state index contributed by atoms with van der Waals surface area (Å²) in [5, 5.41) is -1.73. The molecule has 0 fully saturated rings. The summed E-state index contributed by atoms with van der Waals surface area (Å²) in [4.78, 5) is 0. The summed E-state index contributed by atoms with van der Waals surface area (Å²) in [6, 6.07) is 0. The molecule has 0 aromatic heterocycles. The molecule has 0 bridgehead atoms. The van der Waals surface area contributed by atoms with Crippen LogP contribution in [0.25, 0.3) is 0 Å². The van der Waals surface area contributed by atoms with Gasteiger partial charge in [-0.25, -0.2) is 8.78 Å². The van der Waals surface area contributed by atoms with Crippen LogP contribution in [0.3, 0.4) is 0 Å². The van der Waals surface area contributed by atoms with Gasteiger partial charge in [0.05, 0.1) is 0 Å². The van der Waals surface area contributed by atoms with E-state index in [0.29, 0.717) is 0 Å². The molecule has 0 saturated carbocycles. The predicted octanol–water partition coefficient (Wildman–Crippen LogP) is 2.43. The normalized spacial score (nSPS) is 12.4. The highest BCUT2D eigenvalue weighted by atomic mass is 32.1. The van der Waals surface area contributed by atoms with Crippen LogP contribution in [0.15, 0.2) is 0 Å². The van der Waals surface area contributed by atoms with Crippen LogP contribution in [0.2, 0.25) is 0 Å². The molecular formula is C5H4F6O2S. The van der Waals surface area contributed by atoms with E-state index >= 15 is 0 Å². The first-order valence-electron chi connectivity index (χ1n) is 3.02. The maximum atomic E-state index is 12.0. The molecule has 0 atom stereocenters. The van der Waals surface area contributed by atoms with E-state index in [0.717, 1.165) is 0 Å². The Morgan fingerprint density at radius 2 is 1.21 bits per heavy atom. The van der Waals surface area contributed by atoms with Gasteiger partial charge in [-0.3, -0.25) is 0 Å². The van der Waals surface area contributed by atoms with Crippen molar-refractivity contribution >= 4 is 17.5 Å². The molecule has 0 amide bonds. The Morgan fingerprint density at radius 1 is 0.929 bits per heavy atom. The molecule has 0 saturated heterocycles. The Hall–Kier alpha value is -0.730. The molecule has 0 rings (SSSR count). The molecule has 0 aliphatic carbocycles. The monoisotopic (exact) mass is 242 g/mol. The van der Waals surface area contributed by atoms with Crippen molar-refractivity contribution in [2.75, 3.05) is 13.3 Å².